The molecule has 3 heteroatoms. The molecule has 1 aromatic carbocycles. The second kappa shape index (κ2) is 7.85. The molecule has 1 nitrogen and oxygen atoms in total. The van der Waals surface area contributed by atoms with E-state index in [0.717, 1.165) is 18.3 Å². The zero-order valence-corrected chi connectivity index (χ0v) is 11.6. The van der Waals surface area contributed by atoms with Gasteiger partial charge in [-0.1, -0.05) is 42.5 Å². The van der Waals surface area contributed by atoms with Gasteiger partial charge in [-0.25, -0.2) is 0 Å². The van der Waals surface area contributed by atoms with Crippen LogP contribution in [0.2, 0.25) is 0 Å². The maximum atomic E-state index is 3.50. The van der Waals surface area contributed by atoms with E-state index in [4.69, 9.17) is 0 Å². The molecule has 1 atom stereocenters. The van der Waals surface area contributed by atoms with Gasteiger partial charge in [-0.15, -0.1) is 0 Å². The van der Waals surface area contributed by atoms with Crippen molar-refractivity contribution in [3.05, 3.63) is 42.0 Å². The van der Waals surface area contributed by atoms with Crippen molar-refractivity contribution in [2.45, 2.75) is 5.25 Å². The van der Waals surface area contributed by atoms with Crippen molar-refractivity contribution in [2.75, 3.05) is 30.3 Å². The van der Waals surface area contributed by atoms with Crippen molar-refractivity contribution in [2.24, 2.45) is 0 Å². The molecule has 1 N–H and O–H groups in total. The molecule has 1 aliphatic heterocycles. The maximum Gasteiger partial charge on any atom is 0.0263 e. The molecule has 1 saturated heterocycles. The zero-order valence-electron chi connectivity index (χ0n) is 9.97. The van der Waals surface area contributed by atoms with Gasteiger partial charge < -0.3 is 5.32 Å². The molecule has 1 aliphatic rings. The van der Waals surface area contributed by atoms with Crippen molar-refractivity contribution in [1.82, 2.24) is 5.32 Å². The van der Waals surface area contributed by atoms with Gasteiger partial charge in [-0.3, -0.25) is 0 Å². The third-order valence-corrected chi connectivity index (χ3v) is 5.47. The lowest BCUT2D eigenvalue weighted by molar-refractivity contribution is 0.744. The number of nitrogens with one attached hydrogen (secondary N) is 1. The monoisotopic (exact) mass is 265 g/mol. The standard InChI is InChI=1S/C14H19NS2/c1-2-5-13(6-3-1)7-4-8-15-11-14-12-16-9-10-17-14/h1-7,14-15H,8-12H2/b7-4+. The summed E-state index contributed by atoms with van der Waals surface area (Å²) in [7, 11) is 0. The van der Waals surface area contributed by atoms with Gasteiger partial charge in [-0.05, 0) is 5.56 Å². The lowest BCUT2D eigenvalue weighted by Gasteiger charge is -2.20. The van der Waals surface area contributed by atoms with Crippen molar-refractivity contribution >= 4 is 29.6 Å². The summed E-state index contributed by atoms with van der Waals surface area (Å²) in [4.78, 5) is 0. The number of thioether (sulfide) groups is 2. The van der Waals surface area contributed by atoms with Crippen LogP contribution < -0.4 is 5.32 Å². The minimum absolute atomic E-state index is 0.805. The fourth-order valence-corrected chi connectivity index (χ4v) is 4.39. The van der Waals surface area contributed by atoms with Crippen molar-refractivity contribution in [1.29, 1.82) is 0 Å². The zero-order chi connectivity index (χ0) is 11.8. The number of hydrogen-bond donors (Lipinski definition) is 1. The Bertz CT molecular complexity index is 331. The van der Waals surface area contributed by atoms with E-state index >= 15 is 0 Å². The summed E-state index contributed by atoms with van der Waals surface area (Å²) >= 11 is 4.20. The van der Waals surface area contributed by atoms with Gasteiger partial charge in [0.15, 0.2) is 0 Å². The molecule has 0 aromatic heterocycles. The van der Waals surface area contributed by atoms with Crippen LogP contribution in [0.1, 0.15) is 5.56 Å². The van der Waals surface area contributed by atoms with E-state index in [1.807, 2.05) is 6.07 Å². The summed E-state index contributed by atoms with van der Waals surface area (Å²) in [5, 5.41) is 4.31. The number of benzene rings is 1. The van der Waals surface area contributed by atoms with E-state index in [9.17, 15) is 0 Å². The van der Waals surface area contributed by atoms with Crippen LogP contribution in [0.4, 0.5) is 0 Å². The van der Waals surface area contributed by atoms with Crippen LogP contribution in [-0.2, 0) is 0 Å². The molecule has 0 bridgehead atoms. The molecule has 0 aliphatic carbocycles. The summed E-state index contributed by atoms with van der Waals surface area (Å²) in [6, 6.07) is 10.5. The number of rotatable bonds is 5. The quantitative estimate of drug-likeness (QED) is 0.822. The molecule has 0 spiro atoms. The summed E-state index contributed by atoms with van der Waals surface area (Å²) in [6.45, 7) is 2.10. The van der Waals surface area contributed by atoms with E-state index in [2.05, 4.69) is 65.3 Å². The summed E-state index contributed by atoms with van der Waals surface area (Å²) in [5.41, 5.74) is 1.27. The minimum Gasteiger partial charge on any atom is -0.312 e. The van der Waals surface area contributed by atoms with Gasteiger partial charge in [-0.2, -0.15) is 23.5 Å². The Morgan fingerprint density at radius 2 is 2.12 bits per heavy atom. The molecule has 2 rings (SSSR count). The molecular weight excluding hydrogens is 246 g/mol. The van der Waals surface area contributed by atoms with Crippen molar-refractivity contribution in [3.8, 4) is 0 Å². The fourth-order valence-electron chi connectivity index (χ4n) is 1.74. The van der Waals surface area contributed by atoms with Crippen LogP contribution in [0, 0.1) is 0 Å². The first-order valence-corrected chi connectivity index (χ1v) is 8.27. The molecule has 1 fully saturated rings. The Morgan fingerprint density at radius 1 is 1.24 bits per heavy atom. The largest absolute Gasteiger partial charge is 0.312 e. The summed E-state index contributed by atoms with van der Waals surface area (Å²) in [6.07, 6.45) is 4.38. The predicted octanol–water partition coefficient (Wildman–Crippen LogP) is 3.14. The van der Waals surface area contributed by atoms with Gasteiger partial charge in [0.2, 0.25) is 0 Å². The Hall–Kier alpha value is -0.380. The normalized spacial score (nSPS) is 20.8. The Labute approximate surface area is 112 Å². The predicted molar refractivity (Wildman–Crippen MR) is 81.9 cm³/mol. The highest BCUT2D eigenvalue weighted by Crippen LogP contribution is 2.23. The highest BCUT2D eigenvalue weighted by Gasteiger charge is 2.12. The molecule has 1 heterocycles. The Morgan fingerprint density at radius 3 is 2.88 bits per heavy atom. The topological polar surface area (TPSA) is 12.0 Å². The minimum atomic E-state index is 0.805. The van der Waals surface area contributed by atoms with E-state index in [0.29, 0.717) is 0 Å². The maximum absolute atomic E-state index is 3.50. The van der Waals surface area contributed by atoms with Crippen LogP contribution >= 0.6 is 23.5 Å². The first kappa shape index (κ1) is 13.1. The van der Waals surface area contributed by atoms with E-state index < -0.39 is 0 Å². The second-order valence-corrected chi connectivity index (χ2v) is 6.60. The molecule has 0 saturated carbocycles. The lowest BCUT2D eigenvalue weighted by Crippen LogP contribution is -2.28. The molecule has 1 unspecified atom stereocenters. The van der Waals surface area contributed by atoms with Gasteiger partial charge in [0.1, 0.15) is 0 Å². The first-order chi connectivity index (χ1) is 8.45. The average molecular weight is 265 g/mol. The van der Waals surface area contributed by atoms with Crippen molar-refractivity contribution < 1.29 is 0 Å². The van der Waals surface area contributed by atoms with Gasteiger partial charge >= 0.3 is 0 Å². The van der Waals surface area contributed by atoms with E-state index in [-0.39, 0.29) is 0 Å². The average Bonchev–Trinajstić information content (AvgIpc) is 2.41. The van der Waals surface area contributed by atoms with Crippen LogP contribution in [-0.4, -0.2) is 35.6 Å². The van der Waals surface area contributed by atoms with Gasteiger partial charge in [0.25, 0.3) is 0 Å². The smallest absolute Gasteiger partial charge is 0.0263 e. The number of hydrogen-bond acceptors (Lipinski definition) is 3. The SMILES string of the molecule is C(=C\c1ccccc1)/CNCC1CSCCS1. The highest BCUT2D eigenvalue weighted by atomic mass is 32.2. The first-order valence-electron chi connectivity index (χ1n) is 6.07. The second-order valence-electron chi connectivity index (χ2n) is 4.04. The molecule has 0 amide bonds. The van der Waals surface area contributed by atoms with E-state index in [1.165, 1.54) is 22.8 Å². The summed E-state index contributed by atoms with van der Waals surface area (Å²) in [5.74, 6) is 3.95. The fraction of sp³-hybridized carbons (Fsp3) is 0.429. The Kier molecular flexibility index (Phi) is 6.03. The molecule has 17 heavy (non-hydrogen) atoms. The van der Waals surface area contributed by atoms with Gasteiger partial charge in [0.05, 0.1) is 0 Å². The van der Waals surface area contributed by atoms with Crippen LogP contribution in [0.25, 0.3) is 6.08 Å². The van der Waals surface area contributed by atoms with Crippen LogP contribution in [0.5, 0.6) is 0 Å². The summed E-state index contributed by atoms with van der Waals surface area (Å²) < 4.78 is 0. The molecular formula is C14H19NS2. The van der Waals surface area contributed by atoms with Crippen molar-refractivity contribution in [3.63, 3.8) is 0 Å². The van der Waals surface area contributed by atoms with E-state index in [1.54, 1.807) is 0 Å². The molecule has 1 aromatic rings. The van der Waals surface area contributed by atoms with Crippen LogP contribution in [0.3, 0.4) is 0 Å². The Balaban J connectivity index is 1.61. The lowest BCUT2D eigenvalue weighted by atomic mass is 10.2. The van der Waals surface area contributed by atoms with Gasteiger partial charge in [0, 0.05) is 35.6 Å². The van der Waals surface area contributed by atoms with Crippen LogP contribution in [0.15, 0.2) is 36.4 Å². The molecule has 92 valence electrons. The highest BCUT2D eigenvalue weighted by molar-refractivity contribution is 8.06. The molecule has 0 radical (unpaired) electrons. The third-order valence-electron chi connectivity index (χ3n) is 2.63. The third kappa shape index (κ3) is 5.19.